The molecule has 0 bridgehead atoms. The zero-order chi connectivity index (χ0) is 18.4. The van der Waals surface area contributed by atoms with Crippen molar-refractivity contribution in [2.45, 2.75) is 25.2 Å². The van der Waals surface area contributed by atoms with E-state index in [4.69, 9.17) is 14.2 Å². The summed E-state index contributed by atoms with van der Waals surface area (Å²) < 4.78 is 16.3. The smallest absolute Gasteiger partial charge is 0.410 e. The van der Waals surface area contributed by atoms with Crippen LogP contribution in [0.3, 0.4) is 0 Å². The van der Waals surface area contributed by atoms with Crippen LogP contribution in [-0.2, 0) is 11.3 Å². The van der Waals surface area contributed by atoms with Crippen molar-refractivity contribution in [2.75, 3.05) is 20.2 Å². The molecule has 138 valence electrons. The maximum atomic E-state index is 12.2. The van der Waals surface area contributed by atoms with Crippen molar-refractivity contribution in [1.29, 1.82) is 0 Å². The fourth-order valence-corrected chi connectivity index (χ4v) is 2.85. The number of carbonyl (C=O) groups is 1. The number of likely N-dealkylation sites (tertiary alicyclic amines) is 1. The van der Waals surface area contributed by atoms with E-state index in [0.717, 1.165) is 11.3 Å². The summed E-state index contributed by atoms with van der Waals surface area (Å²) >= 11 is 0. The summed E-state index contributed by atoms with van der Waals surface area (Å²) in [6.07, 6.45) is -1.01. The standard InChI is InChI=1S/C20H23NO5/c1-24-16-7-9-17(10-8-16)26-19-11-12-21(13-18(19)22)20(23)25-14-15-5-3-2-4-6-15/h2-10,18-19,22H,11-14H2,1H3/t18-,19-/m0/s1. The van der Waals surface area contributed by atoms with Gasteiger partial charge >= 0.3 is 6.09 Å². The molecule has 0 saturated carbocycles. The second-order valence-corrected chi connectivity index (χ2v) is 6.17. The number of hydrogen-bond donors (Lipinski definition) is 1. The van der Waals surface area contributed by atoms with Gasteiger partial charge in [-0.3, -0.25) is 0 Å². The number of carbonyl (C=O) groups excluding carboxylic acids is 1. The highest BCUT2D eigenvalue weighted by atomic mass is 16.6. The van der Waals surface area contributed by atoms with Crippen molar-refractivity contribution in [3.05, 3.63) is 60.2 Å². The first-order valence-electron chi connectivity index (χ1n) is 8.60. The normalized spacial score (nSPS) is 19.7. The van der Waals surface area contributed by atoms with Crippen molar-refractivity contribution in [1.82, 2.24) is 4.90 Å². The second kappa shape index (κ2) is 8.58. The van der Waals surface area contributed by atoms with Crippen LogP contribution in [0.5, 0.6) is 11.5 Å². The number of nitrogens with zero attached hydrogens (tertiary/aromatic N) is 1. The molecule has 3 rings (SSSR count). The Labute approximate surface area is 152 Å². The molecular formula is C20H23NO5. The molecule has 1 aliphatic rings. The third-order valence-electron chi connectivity index (χ3n) is 4.33. The average molecular weight is 357 g/mol. The first-order valence-corrected chi connectivity index (χ1v) is 8.60. The highest BCUT2D eigenvalue weighted by molar-refractivity contribution is 5.67. The topological polar surface area (TPSA) is 68.2 Å². The van der Waals surface area contributed by atoms with Crippen molar-refractivity contribution < 1.29 is 24.1 Å². The second-order valence-electron chi connectivity index (χ2n) is 6.17. The summed E-state index contributed by atoms with van der Waals surface area (Å²) in [6.45, 7) is 0.887. The minimum atomic E-state index is -0.768. The van der Waals surface area contributed by atoms with E-state index in [1.165, 1.54) is 4.90 Å². The molecule has 2 atom stereocenters. The molecule has 1 N–H and O–H groups in total. The zero-order valence-corrected chi connectivity index (χ0v) is 14.7. The van der Waals surface area contributed by atoms with Gasteiger partial charge in [-0.1, -0.05) is 30.3 Å². The molecule has 6 nitrogen and oxygen atoms in total. The monoisotopic (exact) mass is 357 g/mol. The molecule has 6 heteroatoms. The maximum absolute atomic E-state index is 12.2. The summed E-state index contributed by atoms with van der Waals surface area (Å²) in [5.74, 6) is 1.41. The number of β-amino-alcohol motifs (C(OH)–C–C–N with tert-alkyl or cyclic N) is 1. The Morgan fingerprint density at radius 3 is 2.46 bits per heavy atom. The molecule has 1 heterocycles. The Hall–Kier alpha value is -2.73. The van der Waals surface area contributed by atoms with Gasteiger partial charge in [0, 0.05) is 13.0 Å². The number of piperidine rings is 1. The Kier molecular flexibility index (Phi) is 5.96. The summed E-state index contributed by atoms with van der Waals surface area (Å²) in [6, 6.07) is 16.7. The van der Waals surface area contributed by atoms with Crippen molar-refractivity contribution >= 4 is 6.09 Å². The minimum Gasteiger partial charge on any atom is -0.497 e. The Bertz CT molecular complexity index is 704. The Morgan fingerprint density at radius 2 is 1.81 bits per heavy atom. The van der Waals surface area contributed by atoms with Crippen molar-refractivity contribution in [3.63, 3.8) is 0 Å². The van der Waals surface area contributed by atoms with Crippen molar-refractivity contribution in [2.24, 2.45) is 0 Å². The predicted octanol–water partition coefficient (Wildman–Crippen LogP) is 2.85. The van der Waals surface area contributed by atoms with Gasteiger partial charge in [0.1, 0.15) is 30.3 Å². The van der Waals surface area contributed by atoms with Crippen LogP contribution in [0, 0.1) is 0 Å². The molecule has 26 heavy (non-hydrogen) atoms. The van der Waals surface area contributed by atoms with E-state index >= 15 is 0 Å². The van der Waals surface area contributed by atoms with E-state index in [0.29, 0.717) is 18.7 Å². The Balaban J connectivity index is 1.48. The number of ether oxygens (including phenoxy) is 3. The van der Waals surface area contributed by atoms with Gasteiger partial charge in [-0.2, -0.15) is 0 Å². The van der Waals surface area contributed by atoms with Crippen LogP contribution in [0.15, 0.2) is 54.6 Å². The van der Waals surface area contributed by atoms with E-state index in [-0.39, 0.29) is 19.3 Å². The first-order chi connectivity index (χ1) is 12.7. The first kappa shape index (κ1) is 18.1. The zero-order valence-electron chi connectivity index (χ0n) is 14.7. The number of amides is 1. The fraction of sp³-hybridized carbons (Fsp3) is 0.350. The third kappa shape index (κ3) is 4.67. The number of aliphatic hydroxyl groups is 1. The van der Waals surface area contributed by atoms with Crippen molar-refractivity contribution in [3.8, 4) is 11.5 Å². The summed E-state index contributed by atoms with van der Waals surface area (Å²) in [4.78, 5) is 13.7. The van der Waals surface area contributed by atoms with E-state index in [1.54, 1.807) is 31.4 Å². The van der Waals surface area contributed by atoms with E-state index in [2.05, 4.69) is 0 Å². The van der Waals surface area contributed by atoms with Gasteiger partial charge in [0.05, 0.1) is 13.7 Å². The minimum absolute atomic E-state index is 0.189. The predicted molar refractivity (Wildman–Crippen MR) is 96.2 cm³/mol. The van der Waals surface area contributed by atoms with E-state index < -0.39 is 12.2 Å². The third-order valence-corrected chi connectivity index (χ3v) is 4.33. The van der Waals surface area contributed by atoms with Crippen LogP contribution >= 0.6 is 0 Å². The molecule has 0 spiro atoms. The molecule has 1 saturated heterocycles. The maximum Gasteiger partial charge on any atom is 0.410 e. The molecule has 0 radical (unpaired) electrons. The van der Waals surface area contributed by atoms with Gasteiger partial charge in [0.25, 0.3) is 0 Å². The number of hydrogen-bond acceptors (Lipinski definition) is 5. The fourth-order valence-electron chi connectivity index (χ4n) is 2.85. The number of methoxy groups -OCH3 is 1. The van der Waals surface area contributed by atoms with Gasteiger partial charge in [-0.25, -0.2) is 4.79 Å². The lowest BCUT2D eigenvalue weighted by Gasteiger charge is -2.35. The lowest BCUT2D eigenvalue weighted by molar-refractivity contribution is -0.0252. The molecule has 2 aromatic carbocycles. The van der Waals surface area contributed by atoms with Crippen LogP contribution in [0.2, 0.25) is 0 Å². The molecule has 2 aromatic rings. The molecule has 0 unspecified atom stereocenters. The molecular weight excluding hydrogens is 334 g/mol. The van der Waals surface area contributed by atoms with Gasteiger partial charge in [-0.05, 0) is 29.8 Å². The molecule has 1 amide bonds. The van der Waals surface area contributed by atoms with Crippen LogP contribution in [-0.4, -0.2) is 48.5 Å². The van der Waals surface area contributed by atoms with Gasteiger partial charge in [0.15, 0.2) is 0 Å². The van der Waals surface area contributed by atoms with Gasteiger partial charge in [-0.15, -0.1) is 0 Å². The van der Waals surface area contributed by atoms with Crippen LogP contribution in [0.4, 0.5) is 4.79 Å². The molecule has 1 aliphatic heterocycles. The summed E-state index contributed by atoms with van der Waals surface area (Å²) in [5.41, 5.74) is 0.930. The molecule has 0 aromatic heterocycles. The van der Waals surface area contributed by atoms with E-state index in [9.17, 15) is 9.90 Å². The SMILES string of the molecule is COc1ccc(O[C@H]2CCN(C(=O)OCc3ccccc3)C[C@@H]2O)cc1. The number of rotatable bonds is 5. The highest BCUT2D eigenvalue weighted by Crippen LogP contribution is 2.22. The van der Waals surface area contributed by atoms with E-state index in [1.807, 2.05) is 30.3 Å². The van der Waals surface area contributed by atoms with Crippen LogP contribution in [0.25, 0.3) is 0 Å². The van der Waals surface area contributed by atoms with Crippen LogP contribution in [0.1, 0.15) is 12.0 Å². The van der Waals surface area contributed by atoms with Gasteiger partial charge < -0.3 is 24.2 Å². The van der Waals surface area contributed by atoms with Crippen LogP contribution < -0.4 is 9.47 Å². The highest BCUT2D eigenvalue weighted by Gasteiger charge is 2.32. The average Bonchev–Trinajstić information content (AvgIpc) is 2.69. The number of benzene rings is 2. The molecule has 1 fully saturated rings. The quantitative estimate of drug-likeness (QED) is 0.891. The Morgan fingerprint density at radius 1 is 1.12 bits per heavy atom. The molecule has 0 aliphatic carbocycles. The van der Waals surface area contributed by atoms with Gasteiger partial charge in [0.2, 0.25) is 0 Å². The number of aliphatic hydroxyl groups excluding tert-OH is 1. The summed E-state index contributed by atoms with van der Waals surface area (Å²) in [5, 5.41) is 10.3. The largest absolute Gasteiger partial charge is 0.497 e. The summed E-state index contributed by atoms with van der Waals surface area (Å²) in [7, 11) is 1.60. The lowest BCUT2D eigenvalue weighted by Crippen LogP contribution is -2.51. The lowest BCUT2D eigenvalue weighted by atomic mass is 10.1.